The molecule has 1 N–H and O–H groups in total. The quantitative estimate of drug-likeness (QED) is 0.836. The van der Waals surface area contributed by atoms with Gasteiger partial charge in [0.1, 0.15) is 0 Å². The molecule has 1 unspecified atom stereocenters. The van der Waals surface area contributed by atoms with Crippen molar-refractivity contribution < 1.29 is 4.79 Å². The van der Waals surface area contributed by atoms with E-state index in [1.165, 1.54) is 24.8 Å². The summed E-state index contributed by atoms with van der Waals surface area (Å²) < 4.78 is 0. The predicted molar refractivity (Wildman–Crippen MR) is 87.3 cm³/mol. The van der Waals surface area contributed by atoms with E-state index in [1.54, 1.807) is 0 Å². The van der Waals surface area contributed by atoms with E-state index in [2.05, 4.69) is 36.5 Å². The summed E-state index contributed by atoms with van der Waals surface area (Å²) in [7, 11) is 0. The van der Waals surface area contributed by atoms with Crippen molar-refractivity contribution >= 4 is 5.91 Å². The zero-order chi connectivity index (χ0) is 14.9. The second-order valence-electron chi connectivity index (χ2n) is 5.92. The second-order valence-corrected chi connectivity index (χ2v) is 5.92. The van der Waals surface area contributed by atoms with Gasteiger partial charge in [-0.25, -0.2) is 0 Å². The fraction of sp³-hybridized carbons (Fsp3) is 0.611. The number of benzene rings is 1. The number of piperidine rings is 1. The highest BCUT2D eigenvalue weighted by atomic mass is 16.2. The predicted octanol–water partition coefficient (Wildman–Crippen LogP) is 3.00. The lowest BCUT2D eigenvalue weighted by atomic mass is 10.0. The van der Waals surface area contributed by atoms with Gasteiger partial charge in [0.15, 0.2) is 0 Å². The number of likely N-dealkylation sites (N-methyl/N-ethyl adjacent to an activating group) is 1. The third kappa shape index (κ3) is 5.50. The molecule has 0 aliphatic carbocycles. The van der Waals surface area contributed by atoms with Crippen LogP contribution in [0, 0.1) is 0 Å². The first kappa shape index (κ1) is 16.0. The topological polar surface area (TPSA) is 32.3 Å². The van der Waals surface area contributed by atoms with Gasteiger partial charge in [-0.1, -0.05) is 36.8 Å². The van der Waals surface area contributed by atoms with Gasteiger partial charge in [0, 0.05) is 25.6 Å². The Bertz CT molecular complexity index is 412. The lowest BCUT2D eigenvalue weighted by molar-refractivity contribution is -0.131. The van der Waals surface area contributed by atoms with Crippen LogP contribution < -0.4 is 5.32 Å². The summed E-state index contributed by atoms with van der Waals surface area (Å²) in [6, 6.07) is 10.9. The van der Waals surface area contributed by atoms with Crippen LogP contribution >= 0.6 is 0 Å². The molecule has 1 amide bonds. The van der Waals surface area contributed by atoms with E-state index < -0.39 is 0 Å². The van der Waals surface area contributed by atoms with E-state index in [4.69, 9.17) is 0 Å². The number of aryl methyl sites for hydroxylation is 1. The van der Waals surface area contributed by atoms with Crippen molar-refractivity contribution in [3.05, 3.63) is 35.9 Å². The van der Waals surface area contributed by atoms with Crippen molar-refractivity contribution in [2.45, 2.75) is 51.5 Å². The standard InChI is InChI=1S/C18H28N2O/c1-2-20(15-17-12-6-7-14-19-17)18(21)13-8-11-16-9-4-3-5-10-16/h3-5,9-10,17,19H,2,6-8,11-15H2,1H3. The number of carbonyl (C=O) groups is 1. The fourth-order valence-electron chi connectivity index (χ4n) is 3.00. The number of carbonyl (C=O) groups excluding carboxylic acids is 1. The van der Waals surface area contributed by atoms with Crippen LogP contribution in [0.1, 0.15) is 44.6 Å². The molecule has 3 heteroatoms. The maximum Gasteiger partial charge on any atom is 0.222 e. The highest BCUT2D eigenvalue weighted by Crippen LogP contribution is 2.11. The Kier molecular flexibility index (Phi) is 6.74. The van der Waals surface area contributed by atoms with E-state index in [-0.39, 0.29) is 0 Å². The summed E-state index contributed by atoms with van der Waals surface area (Å²) in [6.45, 7) is 4.88. The first-order valence-electron chi connectivity index (χ1n) is 8.34. The second kappa shape index (κ2) is 8.83. The first-order valence-corrected chi connectivity index (χ1v) is 8.34. The van der Waals surface area contributed by atoms with Gasteiger partial charge in [-0.3, -0.25) is 4.79 Å². The monoisotopic (exact) mass is 288 g/mol. The maximum atomic E-state index is 12.3. The van der Waals surface area contributed by atoms with Crippen LogP contribution in [0.25, 0.3) is 0 Å². The van der Waals surface area contributed by atoms with Gasteiger partial charge in [0.05, 0.1) is 0 Å². The normalized spacial score (nSPS) is 18.4. The van der Waals surface area contributed by atoms with Gasteiger partial charge in [-0.2, -0.15) is 0 Å². The van der Waals surface area contributed by atoms with Gasteiger partial charge >= 0.3 is 0 Å². The molecule has 0 bridgehead atoms. The fourth-order valence-corrected chi connectivity index (χ4v) is 3.00. The zero-order valence-electron chi connectivity index (χ0n) is 13.2. The summed E-state index contributed by atoms with van der Waals surface area (Å²) in [5, 5.41) is 3.53. The molecule has 0 radical (unpaired) electrons. The molecule has 1 aromatic rings. The van der Waals surface area contributed by atoms with Gasteiger partial charge < -0.3 is 10.2 Å². The lowest BCUT2D eigenvalue weighted by Crippen LogP contribution is -2.45. The first-order chi connectivity index (χ1) is 10.3. The minimum atomic E-state index is 0.306. The minimum Gasteiger partial charge on any atom is -0.341 e. The zero-order valence-corrected chi connectivity index (χ0v) is 13.2. The molecule has 1 aromatic carbocycles. The summed E-state index contributed by atoms with van der Waals surface area (Å²) in [6.07, 6.45) is 6.36. The Labute approximate surface area is 128 Å². The van der Waals surface area contributed by atoms with Crippen LogP contribution in [0.4, 0.5) is 0 Å². The van der Waals surface area contributed by atoms with Crippen molar-refractivity contribution in [1.82, 2.24) is 10.2 Å². The molecule has 2 rings (SSSR count). The van der Waals surface area contributed by atoms with Gasteiger partial charge in [-0.15, -0.1) is 0 Å². The summed E-state index contributed by atoms with van der Waals surface area (Å²) in [5.74, 6) is 0.306. The Hall–Kier alpha value is -1.35. The average Bonchev–Trinajstić information content (AvgIpc) is 2.54. The van der Waals surface area contributed by atoms with Crippen LogP contribution in [0.2, 0.25) is 0 Å². The molecule has 1 atom stereocenters. The summed E-state index contributed by atoms with van der Waals surface area (Å²) >= 11 is 0. The molecular weight excluding hydrogens is 260 g/mol. The lowest BCUT2D eigenvalue weighted by Gasteiger charge is -2.30. The Morgan fingerprint density at radius 2 is 2.10 bits per heavy atom. The smallest absolute Gasteiger partial charge is 0.222 e. The van der Waals surface area contributed by atoms with E-state index in [0.29, 0.717) is 18.4 Å². The highest BCUT2D eigenvalue weighted by molar-refractivity contribution is 5.76. The molecule has 1 aliphatic heterocycles. The van der Waals surface area contributed by atoms with Crippen LogP contribution in [0.15, 0.2) is 30.3 Å². The third-order valence-corrected chi connectivity index (χ3v) is 4.29. The molecule has 0 aromatic heterocycles. The van der Waals surface area contributed by atoms with Crippen molar-refractivity contribution in [2.75, 3.05) is 19.6 Å². The molecule has 1 saturated heterocycles. The molecule has 0 saturated carbocycles. The van der Waals surface area contributed by atoms with Crippen molar-refractivity contribution in [2.24, 2.45) is 0 Å². The third-order valence-electron chi connectivity index (χ3n) is 4.29. The molecule has 1 fully saturated rings. The van der Waals surface area contributed by atoms with E-state index in [9.17, 15) is 4.79 Å². The van der Waals surface area contributed by atoms with Crippen LogP contribution in [0.5, 0.6) is 0 Å². The Morgan fingerprint density at radius 1 is 1.29 bits per heavy atom. The van der Waals surface area contributed by atoms with Gasteiger partial charge in [0.2, 0.25) is 5.91 Å². The van der Waals surface area contributed by atoms with Crippen LogP contribution in [-0.4, -0.2) is 36.5 Å². The summed E-state index contributed by atoms with van der Waals surface area (Å²) in [5.41, 5.74) is 1.32. The highest BCUT2D eigenvalue weighted by Gasteiger charge is 2.18. The number of hydrogen-bond donors (Lipinski definition) is 1. The molecule has 21 heavy (non-hydrogen) atoms. The largest absolute Gasteiger partial charge is 0.341 e. The molecule has 116 valence electrons. The number of rotatable bonds is 7. The van der Waals surface area contributed by atoms with Gasteiger partial charge in [-0.05, 0) is 44.7 Å². The number of nitrogens with zero attached hydrogens (tertiary/aromatic N) is 1. The number of amides is 1. The van der Waals surface area contributed by atoms with E-state index in [0.717, 1.165) is 32.5 Å². The SMILES string of the molecule is CCN(CC1CCCCN1)C(=O)CCCc1ccccc1. The van der Waals surface area contributed by atoms with Crippen molar-refractivity contribution in [1.29, 1.82) is 0 Å². The Balaban J connectivity index is 1.72. The average molecular weight is 288 g/mol. The minimum absolute atomic E-state index is 0.306. The summed E-state index contributed by atoms with van der Waals surface area (Å²) in [4.78, 5) is 14.4. The van der Waals surface area contributed by atoms with Crippen LogP contribution in [-0.2, 0) is 11.2 Å². The van der Waals surface area contributed by atoms with Gasteiger partial charge in [0.25, 0.3) is 0 Å². The molecular formula is C18H28N2O. The Morgan fingerprint density at radius 3 is 2.76 bits per heavy atom. The molecule has 3 nitrogen and oxygen atoms in total. The number of nitrogens with one attached hydrogen (secondary N) is 1. The van der Waals surface area contributed by atoms with Crippen LogP contribution in [0.3, 0.4) is 0 Å². The molecule has 1 heterocycles. The van der Waals surface area contributed by atoms with E-state index >= 15 is 0 Å². The molecule has 0 spiro atoms. The number of hydrogen-bond acceptors (Lipinski definition) is 2. The maximum absolute atomic E-state index is 12.3. The van der Waals surface area contributed by atoms with E-state index in [1.807, 2.05) is 11.0 Å². The van der Waals surface area contributed by atoms with Crippen molar-refractivity contribution in [3.8, 4) is 0 Å². The molecule has 1 aliphatic rings. The van der Waals surface area contributed by atoms with Crippen molar-refractivity contribution in [3.63, 3.8) is 0 Å².